The molecule has 0 bridgehead atoms. The Hall–Kier alpha value is -2.60. The van der Waals surface area contributed by atoms with Gasteiger partial charge in [0.05, 0.1) is 22.9 Å². The Morgan fingerprint density at radius 1 is 1.15 bits per heavy atom. The highest BCUT2D eigenvalue weighted by molar-refractivity contribution is 7.17. The van der Waals surface area contributed by atoms with E-state index in [1.807, 2.05) is 6.07 Å². The zero-order valence-electron chi connectivity index (χ0n) is 14.5. The second-order valence-corrected chi connectivity index (χ2v) is 7.48. The molecule has 0 spiro atoms. The SMILES string of the molecule is COC(=O)c1ccc(NC(=O)c2cc3sccc3n2C2CCCC2)cc1. The van der Waals surface area contributed by atoms with Crippen LogP contribution in [-0.4, -0.2) is 23.6 Å². The van der Waals surface area contributed by atoms with Gasteiger partial charge in [-0.2, -0.15) is 0 Å². The van der Waals surface area contributed by atoms with Gasteiger partial charge in [-0.1, -0.05) is 12.8 Å². The first-order chi connectivity index (χ1) is 12.7. The van der Waals surface area contributed by atoms with Crippen molar-refractivity contribution in [3.8, 4) is 0 Å². The number of amides is 1. The molecule has 4 rings (SSSR count). The zero-order chi connectivity index (χ0) is 18.1. The summed E-state index contributed by atoms with van der Waals surface area (Å²) in [6, 6.07) is 11.2. The van der Waals surface area contributed by atoms with Crippen molar-refractivity contribution >= 4 is 39.1 Å². The van der Waals surface area contributed by atoms with Crippen molar-refractivity contribution in [3.05, 3.63) is 53.0 Å². The van der Waals surface area contributed by atoms with E-state index in [9.17, 15) is 9.59 Å². The maximum absolute atomic E-state index is 12.9. The first-order valence-electron chi connectivity index (χ1n) is 8.75. The highest BCUT2D eigenvalue weighted by Crippen LogP contribution is 2.36. The van der Waals surface area contributed by atoms with Gasteiger partial charge >= 0.3 is 5.97 Å². The second kappa shape index (κ2) is 6.96. The van der Waals surface area contributed by atoms with Gasteiger partial charge in [-0.25, -0.2) is 4.79 Å². The minimum Gasteiger partial charge on any atom is -0.465 e. The fourth-order valence-corrected chi connectivity index (χ4v) is 4.49. The Labute approximate surface area is 155 Å². The fourth-order valence-electron chi connectivity index (χ4n) is 3.68. The summed E-state index contributed by atoms with van der Waals surface area (Å²) in [6.45, 7) is 0. The van der Waals surface area contributed by atoms with Crippen molar-refractivity contribution < 1.29 is 14.3 Å². The van der Waals surface area contributed by atoms with E-state index >= 15 is 0 Å². The summed E-state index contributed by atoms with van der Waals surface area (Å²) in [5.41, 5.74) is 2.97. The summed E-state index contributed by atoms with van der Waals surface area (Å²) in [5, 5.41) is 5.02. The van der Waals surface area contributed by atoms with Crippen molar-refractivity contribution in [1.29, 1.82) is 0 Å². The Morgan fingerprint density at radius 3 is 2.58 bits per heavy atom. The number of benzene rings is 1. The third-order valence-electron chi connectivity index (χ3n) is 4.95. The molecule has 1 aliphatic carbocycles. The lowest BCUT2D eigenvalue weighted by Gasteiger charge is -2.17. The van der Waals surface area contributed by atoms with Gasteiger partial charge in [0.15, 0.2) is 0 Å². The minimum atomic E-state index is -0.391. The molecule has 1 aromatic carbocycles. The zero-order valence-corrected chi connectivity index (χ0v) is 15.3. The monoisotopic (exact) mass is 368 g/mol. The Morgan fingerprint density at radius 2 is 1.88 bits per heavy atom. The molecule has 1 fully saturated rings. The van der Waals surface area contributed by atoms with Crippen molar-refractivity contribution in [2.45, 2.75) is 31.7 Å². The summed E-state index contributed by atoms with van der Waals surface area (Å²) in [7, 11) is 1.35. The van der Waals surface area contributed by atoms with Crippen LogP contribution in [0.1, 0.15) is 52.6 Å². The van der Waals surface area contributed by atoms with Gasteiger partial charge in [-0.05, 0) is 54.6 Å². The van der Waals surface area contributed by atoms with Gasteiger partial charge in [0.2, 0.25) is 0 Å². The molecule has 0 saturated heterocycles. The summed E-state index contributed by atoms with van der Waals surface area (Å²) in [5.74, 6) is -0.510. The molecule has 0 atom stereocenters. The number of carbonyl (C=O) groups is 2. The number of ether oxygens (including phenoxy) is 1. The fraction of sp³-hybridized carbons (Fsp3) is 0.300. The van der Waals surface area contributed by atoms with Crippen molar-refractivity contribution in [2.75, 3.05) is 12.4 Å². The maximum atomic E-state index is 12.9. The summed E-state index contributed by atoms with van der Waals surface area (Å²) in [4.78, 5) is 24.4. The number of hydrogen-bond donors (Lipinski definition) is 1. The molecule has 26 heavy (non-hydrogen) atoms. The third-order valence-corrected chi connectivity index (χ3v) is 5.80. The summed E-state index contributed by atoms with van der Waals surface area (Å²) >= 11 is 1.66. The van der Waals surface area contributed by atoms with Crippen molar-refractivity contribution in [2.24, 2.45) is 0 Å². The average Bonchev–Trinajstić information content (AvgIpc) is 3.38. The van der Waals surface area contributed by atoms with E-state index in [4.69, 9.17) is 4.74 Å². The van der Waals surface area contributed by atoms with E-state index in [2.05, 4.69) is 21.3 Å². The van der Waals surface area contributed by atoms with Crippen LogP contribution in [0.4, 0.5) is 5.69 Å². The molecule has 2 heterocycles. The normalized spacial score (nSPS) is 14.7. The predicted molar refractivity (Wildman–Crippen MR) is 103 cm³/mol. The number of esters is 1. The molecular formula is C20H20N2O3S. The lowest BCUT2D eigenvalue weighted by atomic mass is 10.2. The molecule has 1 aliphatic rings. The first kappa shape index (κ1) is 16.8. The van der Waals surface area contributed by atoms with Crippen LogP contribution >= 0.6 is 11.3 Å². The lowest BCUT2D eigenvalue weighted by Crippen LogP contribution is -2.19. The van der Waals surface area contributed by atoms with Crippen LogP contribution < -0.4 is 5.32 Å². The standard InChI is InChI=1S/C20H20N2O3S/c1-25-20(24)13-6-8-14(9-7-13)21-19(23)17-12-18-16(10-11-26-18)22(17)15-4-2-3-5-15/h6-12,15H,2-5H2,1H3,(H,21,23). The largest absolute Gasteiger partial charge is 0.465 e. The molecule has 0 unspecified atom stereocenters. The molecule has 5 nitrogen and oxygen atoms in total. The highest BCUT2D eigenvalue weighted by atomic mass is 32.1. The first-order valence-corrected chi connectivity index (χ1v) is 9.63. The molecule has 0 aliphatic heterocycles. The summed E-state index contributed by atoms with van der Waals surface area (Å²) in [6.07, 6.45) is 4.66. The van der Waals surface area contributed by atoms with Crippen LogP contribution in [0, 0.1) is 0 Å². The lowest BCUT2D eigenvalue weighted by molar-refractivity contribution is 0.0600. The van der Waals surface area contributed by atoms with Crippen LogP contribution in [0.15, 0.2) is 41.8 Å². The number of aromatic nitrogens is 1. The predicted octanol–water partition coefficient (Wildman–Crippen LogP) is 4.86. The van der Waals surface area contributed by atoms with E-state index in [-0.39, 0.29) is 5.91 Å². The van der Waals surface area contributed by atoms with Crippen molar-refractivity contribution in [3.63, 3.8) is 0 Å². The summed E-state index contributed by atoms with van der Waals surface area (Å²) < 4.78 is 8.04. The molecule has 6 heteroatoms. The number of anilines is 1. The van der Waals surface area contributed by atoms with E-state index < -0.39 is 5.97 Å². The van der Waals surface area contributed by atoms with Crippen molar-refractivity contribution in [1.82, 2.24) is 4.57 Å². The smallest absolute Gasteiger partial charge is 0.337 e. The number of hydrogen-bond acceptors (Lipinski definition) is 4. The molecule has 1 saturated carbocycles. The molecule has 1 amide bonds. The van der Waals surface area contributed by atoms with Crippen LogP contribution in [0.5, 0.6) is 0 Å². The number of rotatable bonds is 4. The van der Waals surface area contributed by atoms with Gasteiger partial charge in [0.1, 0.15) is 5.69 Å². The molecular weight excluding hydrogens is 348 g/mol. The van der Waals surface area contributed by atoms with Gasteiger partial charge in [-0.15, -0.1) is 11.3 Å². The van der Waals surface area contributed by atoms with Gasteiger partial charge in [0.25, 0.3) is 5.91 Å². The molecule has 3 aromatic rings. The Balaban J connectivity index is 1.61. The Bertz CT molecular complexity index is 949. The van der Waals surface area contributed by atoms with Crippen LogP contribution in [0.3, 0.4) is 0 Å². The molecule has 0 radical (unpaired) electrons. The number of nitrogens with one attached hydrogen (secondary N) is 1. The number of fused-ring (bicyclic) bond motifs is 1. The van der Waals surface area contributed by atoms with Gasteiger partial charge < -0.3 is 14.6 Å². The number of methoxy groups -OCH3 is 1. The topological polar surface area (TPSA) is 60.3 Å². The quantitative estimate of drug-likeness (QED) is 0.669. The second-order valence-electron chi connectivity index (χ2n) is 6.53. The average molecular weight is 368 g/mol. The highest BCUT2D eigenvalue weighted by Gasteiger charge is 2.25. The van der Waals surface area contributed by atoms with Crippen LogP contribution in [0.2, 0.25) is 0 Å². The number of carbonyl (C=O) groups excluding carboxylic acids is 2. The van der Waals surface area contributed by atoms with Crippen LogP contribution in [0.25, 0.3) is 10.2 Å². The Kier molecular flexibility index (Phi) is 4.51. The minimum absolute atomic E-state index is 0.119. The number of nitrogens with zero attached hydrogens (tertiary/aromatic N) is 1. The van der Waals surface area contributed by atoms with E-state index in [0.29, 0.717) is 23.0 Å². The van der Waals surface area contributed by atoms with E-state index in [1.54, 1.807) is 35.6 Å². The molecule has 134 valence electrons. The maximum Gasteiger partial charge on any atom is 0.337 e. The number of thiophene rings is 1. The third kappa shape index (κ3) is 3.01. The van der Waals surface area contributed by atoms with Gasteiger partial charge in [0, 0.05) is 11.7 Å². The van der Waals surface area contributed by atoms with E-state index in [0.717, 1.165) is 23.1 Å². The van der Waals surface area contributed by atoms with Crippen LogP contribution in [-0.2, 0) is 4.74 Å². The molecule has 2 aromatic heterocycles. The molecule has 1 N–H and O–H groups in total. The van der Waals surface area contributed by atoms with E-state index in [1.165, 1.54) is 20.0 Å². The van der Waals surface area contributed by atoms with Gasteiger partial charge in [-0.3, -0.25) is 4.79 Å².